The van der Waals surface area contributed by atoms with Crippen molar-refractivity contribution in [2.45, 2.75) is 5.38 Å². The van der Waals surface area contributed by atoms with Gasteiger partial charge in [0.1, 0.15) is 0 Å². The van der Waals surface area contributed by atoms with Crippen molar-refractivity contribution < 1.29 is 17.9 Å². The molecule has 0 spiro atoms. The summed E-state index contributed by atoms with van der Waals surface area (Å²) >= 11 is 5.74. The summed E-state index contributed by atoms with van der Waals surface area (Å²) in [5.74, 6) is -0.0555. The van der Waals surface area contributed by atoms with E-state index in [9.17, 15) is 8.42 Å². The number of sulfonamides is 1. The third-order valence-electron chi connectivity index (χ3n) is 1.43. The molecule has 0 aromatic heterocycles. The summed E-state index contributed by atoms with van der Waals surface area (Å²) in [5, 5.41) is -0.350. The molecule has 7 heteroatoms. The molecule has 0 radical (unpaired) electrons. The number of rotatable bonds is 8. The average molecular weight is 246 g/mol. The van der Waals surface area contributed by atoms with Gasteiger partial charge < -0.3 is 9.47 Å². The molecule has 0 aromatic rings. The summed E-state index contributed by atoms with van der Waals surface area (Å²) in [6.07, 6.45) is 0. The maximum atomic E-state index is 11.2. The molecule has 0 aliphatic carbocycles. The molecule has 5 nitrogen and oxygen atoms in total. The van der Waals surface area contributed by atoms with Crippen LogP contribution >= 0.6 is 11.6 Å². The second-order valence-corrected chi connectivity index (χ2v) is 5.26. The van der Waals surface area contributed by atoms with Gasteiger partial charge in [-0.25, -0.2) is 13.1 Å². The van der Waals surface area contributed by atoms with Gasteiger partial charge in [-0.2, -0.15) is 0 Å². The van der Waals surface area contributed by atoms with Crippen LogP contribution in [0.3, 0.4) is 0 Å². The van der Waals surface area contributed by atoms with E-state index in [1.54, 1.807) is 0 Å². The van der Waals surface area contributed by atoms with E-state index in [0.717, 1.165) is 0 Å². The number of ether oxygens (including phenoxy) is 2. The largest absolute Gasteiger partial charge is 0.384 e. The van der Waals surface area contributed by atoms with Gasteiger partial charge in [0.05, 0.1) is 24.3 Å². The molecule has 1 unspecified atom stereocenters. The summed E-state index contributed by atoms with van der Waals surface area (Å²) in [6, 6.07) is 0. The molecular formula is C7H16ClNO4S. The van der Waals surface area contributed by atoms with Crippen LogP contribution in [-0.4, -0.2) is 53.5 Å². The zero-order valence-corrected chi connectivity index (χ0v) is 9.90. The minimum Gasteiger partial charge on any atom is -0.384 e. The summed E-state index contributed by atoms with van der Waals surface area (Å²) < 4.78 is 34.2. The Kier molecular flexibility index (Phi) is 7.48. The first-order chi connectivity index (χ1) is 6.52. The van der Waals surface area contributed by atoms with Crippen LogP contribution in [-0.2, 0) is 19.5 Å². The van der Waals surface area contributed by atoms with Gasteiger partial charge >= 0.3 is 0 Å². The molecule has 1 atom stereocenters. The van der Waals surface area contributed by atoms with Crippen molar-refractivity contribution in [1.82, 2.24) is 4.72 Å². The Morgan fingerprint density at radius 3 is 2.50 bits per heavy atom. The second kappa shape index (κ2) is 7.42. The van der Waals surface area contributed by atoms with Crippen LogP contribution < -0.4 is 4.72 Å². The van der Waals surface area contributed by atoms with Crippen molar-refractivity contribution in [3.05, 3.63) is 0 Å². The first-order valence-electron chi connectivity index (χ1n) is 4.11. The predicted octanol–water partition coefficient (Wildman–Crippen LogP) is -0.194. The van der Waals surface area contributed by atoms with Gasteiger partial charge in [0.25, 0.3) is 0 Å². The van der Waals surface area contributed by atoms with E-state index >= 15 is 0 Å². The number of halogens is 1. The van der Waals surface area contributed by atoms with Crippen LogP contribution in [0.5, 0.6) is 0 Å². The predicted molar refractivity (Wildman–Crippen MR) is 55.2 cm³/mol. The zero-order valence-electron chi connectivity index (χ0n) is 8.32. The van der Waals surface area contributed by atoms with Crippen LogP contribution in [0, 0.1) is 0 Å². The first-order valence-corrected chi connectivity index (χ1v) is 6.20. The third kappa shape index (κ3) is 7.52. The lowest BCUT2D eigenvalue weighted by Gasteiger charge is -2.09. The van der Waals surface area contributed by atoms with Gasteiger partial charge in [0.15, 0.2) is 0 Å². The van der Waals surface area contributed by atoms with Crippen molar-refractivity contribution >= 4 is 21.6 Å². The fraction of sp³-hybridized carbons (Fsp3) is 1.00. The summed E-state index contributed by atoms with van der Waals surface area (Å²) in [6.45, 7) is 0.655. The Balaban J connectivity index is 3.75. The maximum Gasteiger partial charge on any atom is 0.213 e. The standard InChI is InChI=1S/C7H16ClNO4S/c1-12-3-4-14(10,11)9-5-7(8)6-13-2/h7,9H,3-6H2,1-2H3. The molecule has 0 rings (SSSR count). The number of hydrogen-bond donors (Lipinski definition) is 1. The van der Waals surface area contributed by atoms with E-state index in [-0.39, 0.29) is 24.3 Å². The molecule has 0 amide bonds. The van der Waals surface area contributed by atoms with Crippen molar-refractivity contribution in [2.24, 2.45) is 0 Å². The van der Waals surface area contributed by atoms with E-state index < -0.39 is 10.0 Å². The molecule has 86 valence electrons. The Hall–Kier alpha value is 0.120. The van der Waals surface area contributed by atoms with Crippen molar-refractivity contribution in [3.63, 3.8) is 0 Å². The maximum absolute atomic E-state index is 11.2. The van der Waals surface area contributed by atoms with Crippen LogP contribution in [0.2, 0.25) is 0 Å². The van der Waals surface area contributed by atoms with Crippen LogP contribution in [0.4, 0.5) is 0 Å². The van der Waals surface area contributed by atoms with Crippen LogP contribution in [0.15, 0.2) is 0 Å². The van der Waals surface area contributed by atoms with Crippen molar-refractivity contribution in [1.29, 1.82) is 0 Å². The summed E-state index contributed by atoms with van der Waals surface area (Å²) in [5.41, 5.74) is 0. The van der Waals surface area contributed by atoms with Crippen molar-refractivity contribution in [2.75, 3.05) is 39.7 Å². The third-order valence-corrected chi connectivity index (χ3v) is 3.02. The van der Waals surface area contributed by atoms with E-state index in [1.807, 2.05) is 0 Å². The molecule has 14 heavy (non-hydrogen) atoms. The molecule has 0 aromatic carbocycles. The van der Waals surface area contributed by atoms with Gasteiger partial charge in [-0.3, -0.25) is 0 Å². The molecule has 0 heterocycles. The molecule has 1 N–H and O–H groups in total. The highest BCUT2D eigenvalue weighted by Gasteiger charge is 2.12. The van der Waals surface area contributed by atoms with Gasteiger partial charge in [0.2, 0.25) is 10.0 Å². The minimum absolute atomic E-state index is 0.0555. The minimum atomic E-state index is -3.27. The second-order valence-electron chi connectivity index (χ2n) is 2.71. The number of nitrogens with one attached hydrogen (secondary N) is 1. The van der Waals surface area contributed by atoms with Crippen molar-refractivity contribution in [3.8, 4) is 0 Å². The highest BCUT2D eigenvalue weighted by atomic mass is 35.5. The topological polar surface area (TPSA) is 64.6 Å². The van der Waals surface area contributed by atoms with E-state index in [4.69, 9.17) is 16.3 Å². The Morgan fingerprint density at radius 1 is 1.36 bits per heavy atom. The number of hydrogen-bond acceptors (Lipinski definition) is 4. The lowest BCUT2D eigenvalue weighted by Crippen LogP contribution is -2.34. The fourth-order valence-corrected chi connectivity index (χ4v) is 2.00. The SMILES string of the molecule is COCCS(=O)(=O)NCC(Cl)COC. The lowest BCUT2D eigenvalue weighted by atomic mass is 10.5. The van der Waals surface area contributed by atoms with Crippen LogP contribution in [0.1, 0.15) is 0 Å². The molecule has 0 aliphatic rings. The smallest absolute Gasteiger partial charge is 0.213 e. The van der Waals surface area contributed by atoms with E-state index in [1.165, 1.54) is 14.2 Å². The summed E-state index contributed by atoms with van der Waals surface area (Å²) in [7, 11) is -0.314. The zero-order chi connectivity index (χ0) is 11.0. The number of methoxy groups -OCH3 is 2. The quantitative estimate of drug-likeness (QED) is 0.602. The molecule has 0 bridgehead atoms. The molecule has 0 saturated heterocycles. The van der Waals surface area contributed by atoms with E-state index in [0.29, 0.717) is 6.61 Å². The molecule has 0 aliphatic heterocycles. The average Bonchev–Trinajstić information content (AvgIpc) is 2.13. The number of alkyl halides is 1. The lowest BCUT2D eigenvalue weighted by molar-refractivity contribution is 0.198. The highest BCUT2D eigenvalue weighted by Crippen LogP contribution is 1.95. The van der Waals surface area contributed by atoms with Gasteiger partial charge in [0, 0.05) is 20.8 Å². The molecular weight excluding hydrogens is 230 g/mol. The first kappa shape index (κ1) is 14.1. The van der Waals surface area contributed by atoms with Gasteiger partial charge in [-0.1, -0.05) is 0 Å². The van der Waals surface area contributed by atoms with E-state index in [2.05, 4.69) is 9.46 Å². The Bertz CT molecular complexity index is 232. The fourth-order valence-electron chi connectivity index (χ4n) is 0.722. The summed E-state index contributed by atoms with van der Waals surface area (Å²) in [4.78, 5) is 0. The Labute approximate surface area is 89.8 Å². The Morgan fingerprint density at radius 2 is 2.00 bits per heavy atom. The van der Waals surface area contributed by atoms with Crippen LogP contribution in [0.25, 0.3) is 0 Å². The highest BCUT2D eigenvalue weighted by molar-refractivity contribution is 7.89. The van der Waals surface area contributed by atoms with Gasteiger partial charge in [-0.05, 0) is 0 Å². The molecule has 0 fully saturated rings. The van der Waals surface area contributed by atoms with Gasteiger partial charge in [-0.15, -0.1) is 11.6 Å². The molecule has 0 saturated carbocycles. The normalized spacial score (nSPS) is 14.2. The monoisotopic (exact) mass is 245 g/mol.